The Morgan fingerprint density at radius 1 is 1.07 bits per heavy atom. The van der Waals surface area contributed by atoms with Crippen LogP contribution in [-0.4, -0.2) is 29.0 Å². The maximum atomic E-state index is 12.6. The summed E-state index contributed by atoms with van der Waals surface area (Å²) < 4.78 is 11.2. The molecule has 0 aliphatic rings. The van der Waals surface area contributed by atoms with Crippen molar-refractivity contribution in [3.8, 4) is 5.75 Å². The number of non-ortho nitro benzene ring substituents is 1. The van der Waals surface area contributed by atoms with E-state index in [4.69, 9.17) is 9.47 Å². The number of rotatable bonds is 10. The van der Waals surface area contributed by atoms with Crippen molar-refractivity contribution in [3.63, 3.8) is 0 Å². The van der Waals surface area contributed by atoms with Gasteiger partial charge in [-0.15, -0.1) is 0 Å². The molecule has 0 saturated carbocycles. The summed E-state index contributed by atoms with van der Waals surface area (Å²) in [6.07, 6.45) is -1.24. The highest BCUT2D eigenvalue weighted by atomic mass is 16.6. The van der Waals surface area contributed by atoms with Crippen molar-refractivity contribution in [1.82, 2.24) is 0 Å². The molecule has 0 aliphatic carbocycles. The monoisotopic (exact) mass is 415 g/mol. The summed E-state index contributed by atoms with van der Waals surface area (Å²) in [6.45, 7) is 6.38. The van der Waals surface area contributed by atoms with Crippen LogP contribution >= 0.6 is 0 Å². The summed E-state index contributed by atoms with van der Waals surface area (Å²) in [5.41, 5.74) is 1.13. The van der Waals surface area contributed by atoms with Gasteiger partial charge in [0.2, 0.25) is 0 Å². The van der Waals surface area contributed by atoms with Crippen molar-refractivity contribution in [2.45, 2.75) is 52.4 Å². The number of hydrogen-bond donors (Lipinski definition) is 1. The van der Waals surface area contributed by atoms with E-state index in [-0.39, 0.29) is 35.8 Å². The molecule has 7 heteroatoms. The second-order valence-corrected chi connectivity index (χ2v) is 8.33. The number of Topliss-reactive ketones (excluding diaryl/α,β-unsaturated/α-hetero) is 1. The van der Waals surface area contributed by atoms with Crippen LogP contribution in [0.5, 0.6) is 5.75 Å². The number of nitro benzene ring substituents is 1. The first kappa shape index (κ1) is 23.5. The van der Waals surface area contributed by atoms with Crippen LogP contribution in [0.1, 0.15) is 50.8 Å². The highest BCUT2D eigenvalue weighted by Crippen LogP contribution is 2.28. The van der Waals surface area contributed by atoms with E-state index in [9.17, 15) is 20.0 Å². The Morgan fingerprint density at radius 2 is 1.67 bits per heavy atom. The van der Waals surface area contributed by atoms with Gasteiger partial charge in [-0.1, -0.05) is 32.9 Å². The molecular weight excluding hydrogens is 386 g/mol. The van der Waals surface area contributed by atoms with Crippen LogP contribution in [0.4, 0.5) is 5.69 Å². The van der Waals surface area contributed by atoms with Gasteiger partial charge in [0.15, 0.2) is 0 Å². The molecule has 7 nitrogen and oxygen atoms in total. The summed E-state index contributed by atoms with van der Waals surface area (Å²) in [5, 5.41) is 21.1. The average molecular weight is 415 g/mol. The Hall–Kier alpha value is -2.77. The zero-order valence-corrected chi connectivity index (χ0v) is 17.8. The van der Waals surface area contributed by atoms with Crippen molar-refractivity contribution < 1.29 is 24.3 Å². The summed E-state index contributed by atoms with van der Waals surface area (Å²) in [5.74, 6) is 0.636. The van der Waals surface area contributed by atoms with Crippen molar-refractivity contribution in [2.24, 2.45) is 5.41 Å². The average Bonchev–Trinajstić information content (AvgIpc) is 2.70. The minimum Gasteiger partial charge on any atom is -0.497 e. The Morgan fingerprint density at radius 3 is 2.17 bits per heavy atom. The minimum atomic E-state index is -1.01. The molecule has 2 aromatic rings. The van der Waals surface area contributed by atoms with Gasteiger partial charge in [-0.3, -0.25) is 14.9 Å². The Labute approximate surface area is 176 Å². The van der Waals surface area contributed by atoms with Gasteiger partial charge in [-0.2, -0.15) is 0 Å². The number of ether oxygens (including phenoxy) is 2. The molecule has 2 rings (SSSR count). The summed E-state index contributed by atoms with van der Waals surface area (Å²) >= 11 is 0. The smallest absolute Gasteiger partial charge is 0.269 e. The first-order valence-electron chi connectivity index (χ1n) is 9.79. The molecular formula is C23H29NO6. The van der Waals surface area contributed by atoms with Crippen LogP contribution in [0.2, 0.25) is 0 Å². The van der Waals surface area contributed by atoms with Gasteiger partial charge in [0, 0.05) is 25.0 Å². The molecule has 0 heterocycles. The lowest BCUT2D eigenvalue weighted by atomic mass is 9.85. The Kier molecular flexibility index (Phi) is 8.08. The van der Waals surface area contributed by atoms with Crippen LogP contribution < -0.4 is 4.74 Å². The fourth-order valence-corrected chi connectivity index (χ4v) is 2.98. The first-order valence-corrected chi connectivity index (χ1v) is 9.79. The standard InChI is InChI=1S/C23H29NO6/c1-23(2,3)22(30-15-16-5-11-20(29-4)12-6-16)14-19(25)13-21(26)17-7-9-18(10-8-17)24(27)28/h5-12,21-22,26H,13-15H2,1-4H3/t21-,22+/m0/s1. The van der Waals surface area contributed by atoms with Crippen LogP contribution in [0.3, 0.4) is 0 Å². The Balaban J connectivity index is 1.95. The predicted octanol–water partition coefficient (Wildman–Crippen LogP) is 4.62. The lowest BCUT2D eigenvalue weighted by Gasteiger charge is -2.30. The lowest BCUT2D eigenvalue weighted by Crippen LogP contribution is -2.32. The number of benzene rings is 2. The number of carbonyl (C=O) groups is 1. The van der Waals surface area contributed by atoms with Crippen LogP contribution in [0, 0.1) is 15.5 Å². The normalized spacial score (nSPS) is 13.5. The third-order valence-corrected chi connectivity index (χ3v) is 4.90. The number of nitrogens with zero attached hydrogens (tertiary/aromatic N) is 1. The number of nitro groups is 1. The molecule has 0 amide bonds. The van der Waals surface area contributed by atoms with E-state index in [1.165, 1.54) is 24.3 Å². The molecule has 0 spiro atoms. The zero-order valence-electron chi connectivity index (χ0n) is 17.8. The minimum absolute atomic E-state index is 0.0583. The summed E-state index contributed by atoms with van der Waals surface area (Å²) in [4.78, 5) is 22.8. The van der Waals surface area contributed by atoms with Gasteiger partial charge in [0.1, 0.15) is 11.5 Å². The van der Waals surface area contributed by atoms with Gasteiger partial charge in [-0.05, 0) is 40.8 Å². The molecule has 0 aromatic heterocycles. The van der Waals surface area contributed by atoms with Gasteiger partial charge in [-0.25, -0.2) is 0 Å². The summed E-state index contributed by atoms with van der Waals surface area (Å²) in [7, 11) is 1.61. The molecule has 162 valence electrons. The molecule has 2 atom stereocenters. The highest BCUT2D eigenvalue weighted by Gasteiger charge is 2.28. The largest absolute Gasteiger partial charge is 0.497 e. The van der Waals surface area contributed by atoms with Crippen LogP contribution in [0.15, 0.2) is 48.5 Å². The molecule has 0 radical (unpaired) electrons. The third-order valence-electron chi connectivity index (χ3n) is 4.90. The number of carbonyl (C=O) groups excluding carboxylic acids is 1. The van der Waals surface area contributed by atoms with E-state index in [1.807, 2.05) is 45.0 Å². The van der Waals surface area contributed by atoms with Crippen molar-refractivity contribution in [1.29, 1.82) is 0 Å². The number of methoxy groups -OCH3 is 1. The van der Waals surface area contributed by atoms with E-state index >= 15 is 0 Å². The molecule has 30 heavy (non-hydrogen) atoms. The second-order valence-electron chi connectivity index (χ2n) is 8.33. The Bertz CT molecular complexity index is 839. The maximum absolute atomic E-state index is 12.6. The van der Waals surface area contributed by atoms with Crippen molar-refractivity contribution >= 4 is 11.5 Å². The maximum Gasteiger partial charge on any atom is 0.269 e. The van der Waals surface area contributed by atoms with E-state index in [0.717, 1.165) is 11.3 Å². The zero-order chi connectivity index (χ0) is 22.3. The lowest BCUT2D eigenvalue weighted by molar-refractivity contribution is -0.384. The predicted molar refractivity (Wildman–Crippen MR) is 113 cm³/mol. The number of aliphatic hydroxyl groups excluding tert-OH is 1. The summed E-state index contributed by atoms with van der Waals surface area (Å²) in [6, 6.07) is 13.1. The topological polar surface area (TPSA) is 98.9 Å². The third kappa shape index (κ3) is 6.93. The van der Waals surface area contributed by atoms with Gasteiger partial charge >= 0.3 is 0 Å². The molecule has 0 bridgehead atoms. The highest BCUT2D eigenvalue weighted by molar-refractivity contribution is 5.79. The molecule has 0 aliphatic heterocycles. The second kappa shape index (κ2) is 10.3. The van der Waals surface area contributed by atoms with Crippen molar-refractivity contribution in [2.75, 3.05) is 7.11 Å². The van der Waals surface area contributed by atoms with Crippen molar-refractivity contribution in [3.05, 3.63) is 69.8 Å². The molecule has 2 aromatic carbocycles. The number of hydrogen-bond acceptors (Lipinski definition) is 6. The first-order chi connectivity index (χ1) is 14.1. The fourth-order valence-electron chi connectivity index (χ4n) is 2.98. The van der Waals surface area contributed by atoms with E-state index in [0.29, 0.717) is 12.2 Å². The van der Waals surface area contributed by atoms with E-state index in [1.54, 1.807) is 7.11 Å². The number of ketones is 1. The van der Waals surface area contributed by atoms with Gasteiger partial charge < -0.3 is 14.6 Å². The van der Waals surface area contributed by atoms with E-state index < -0.39 is 11.0 Å². The fraction of sp³-hybridized carbons (Fsp3) is 0.435. The van der Waals surface area contributed by atoms with Gasteiger partial charge in [0.25, 0.3) is 5.69 Å². The molecule has 0 unspecified atom stereocenters. The number of aliphatic hydroxyl groups is 1. The molecule has 0 fully saturated rings. The molecule has 1 N–H and O–H groups in total. The quantitative estimate of drug-likeness (QED) is 0.449. The SMILES string of the molecule is COc1ccc(CO[C@H](CC(=O)C[C@H](O)c2ccc([N+](=O)[O-])cc2)C(C)(C)C)cc1. The van der Waals surface area contributed by atoms with Crippen LogP contribution in [-0.2, 0) is 16.1 Å². The van der Waals surface area contributed by atoms with Gasteiger partial charge in [0.05, 0.1) is 30.8 Å². The van der Waals surface area contributed by atoms with E-state index in [2.05, 4.69) is 0 Å². The molecule has 0 saturated heterocycles. The van der Waals surface area contributed by atoms with Crippen LogP contribution in [0.25, 0.3) is 0 Å².